The number of nitrogens with one attached hydrogen (secondary N) is 1. The lowest BCUT2D eigenvalue weighted by Gasteiger charge is -2.18. The highest BCUT2D eigenvalue weighted by Gasteiger charge is 2.15. The minimum atomic E-state index is -0.608. The van der Waals surface area contributed by atoms with Gasteiger partial charge in [0.2, 0.25) is 0 Å². The van der Waals surface area contributed by atoms with E-state index in [9.17, 15) is 8.78 Å². The Morgan fingerprint density at radius 2 is 1.67 bits per heavy atom. The van der Waals surface area contributed by atoms with Gasteiger partial charge in [0.15, 0.2) is 0 Å². The lowest BCUT2D eigenvalue weighted by atomic mass is 9.95. The zero-order valence-corrected chi connectivity index (χ0v) is 12.2. The van der Waals surface area contributed by atoms with Crippen LogP contribution in [0, 0.1) is 17.6 Å². The smallest absolute Gasteiger partial charge is 0.126 e. The quantitative estimate of drug-likeness (QED) is 0.650. The Bertz CT molecular complexity index is 591. The van der Waals surface area contributed by atoms with Gasteiger partial charge in [0, 0.05) is 6.07 Å². The van der Waals surface area contributed by atoms with Crippen molar-refractivity contribution >= 4 is 0 Å². The van der Waals surface area contributed by atoms with Gasteiger partial charge in [-0.1, -0.05) is 38.1 Å². The van der Waals surface area contributed by atoms with Gasteiger partial charge in [0.1, 0.15) is 11.6 Å². The van der Waals surface area contributed by atoms with Gasteiger partial charge in [0.25, 0.3) is 0 Å². The van der Waals surface area contributed by atoms with Gasteiger partial charge in [-0.05, 0) is 41.2 Å². The standard InChI is InChI=1S/C17H20F2N2/c1-11(2)6-12-4-3-5-13(7-12)17(21-20)14-8-15(18)10-16(19)9-14/h3-5,7-11,17,21H,6,20H2,1-2H3. The van der Waals surface area contributed by atoms with Crippen molar-refractivity contribution in [1.82, 2.24) is 5.43 Å². The summed E-state index contributed by atoms with van der Waals surface area (Å²) in [7, 11) is 0. The van der Waals surface area contributed by atoms with Crippen LogP contribution in [-0.2, 0) is 6.42 Å². The Hall–Kier alpha value is -1.78. The van der Waals surface area contributed by atoms with Crippen molar-refractivity contribution in [3.05, 3.63) is 70.8 Å². The molecule has 1 unspecified atom stereocenters. The monoisotopic (exact) mass is 290 g/mol. The Morgan fingerprint density at radius 1 is 1.00 bits per heavy atom. The van der Waals surface area contributed by atoms with Gasteiger partial charge in [-0.15, -0.1) is 0 Å². The molecule has 1 atom stereocenters. The van der Waals surface area contributed by atoms with Crippen LogP contribution < -0.4 is 11.3 Å². The van der Waals surface area contributed by atoms with E-state index in [0.29, 0.717) is 11.5 Å². The second-order valence-electron chi connectivity index (χ2n) is 5.65. The molecule has 2 nitrogen and oxygen atoms in total. The average Bonchev–Trinajstić information content (AvgIpc) is 2.38. The Labute approximate surface area is 124 Å². The molecular weight excluding hydrogens is 270 g/mol. The third-order valence-corrected chi connectivity index (χ3v) is 3.31. The summed E-state index contributed by atoms with van der Waals surface area (Å²) in [6.45, 7) is 4.29. The fraction of sp³-hybridized carbons (Fsp3) is 0.294. The van der Waals surface area contributed by atoms with Crippen molar-refractivity contribution in [2.45, 2.75) is 26.3 Å². The third kappa shape index (κ3) is 4.09. The van der Waals surface area contributed by atoms with E-state index in [-0.39, 0.29) is 0 Å². The molecule has 0 aliphatic heterocycles. The number of hydrogen-bond donors (Lipinski definition) is 2. The number of hydrogen-bond acceptors (Lipinski definition) is 2. The van der Waals surface area contributed by atoms with Crippen LogP contribution in [0.3, 0.4) is 0 Å². The molecule has 0 fully saturated rings. The molecule has 0 saturated heterocycles. The summed E-state index contributed by atoms with van der Waals surface area (Å²) in [5.74, 6) is 4.92. The molecular formula is C17H20F2N2. The second-order valence-corrected chi connectivity index (χ2v) is 5.65. The molecule has 3 N–H and O–H groups in total. The summed E-state index contributed by atoms with van der Waals surface area (Å²) in [5.41, 5.74) is 5.18. The SMILES string of the molecule is CC(C)Cc1cccc(C(NN)c2cc(F)cc(F)c2)c1. The first kappa shape index (κ1) is 15.6. The van der Waals surface area contributed by atoms with Crippen molar-refractivity contribution < 1.29 is 8.78 Å². The molecule has 0 saturated carbocycles. The van der Waals surface area contributed by atoms with Gasteiger partial charge < -0.3 is 0 Å². The van der Waals surface area contributed by atoms with Gasteiger partial charge >= 0.3 is 0 Å². The van der Waals surface area contributed by atoms with E-state index in [2.05, 4.69) is 19.3 Å². The molecule has 0 amide bonds. The van der Waals surface area contributed by atoms with Gasteiger partial charge in [-0.25, -0.2) is 14.2 Å². The molecule has 0 aliphatic rings. The highest BCUT2D eigenvalue weighted by atomic mass is 19.1. The van der Waals surface area contributed by atoms with E-state index in [1.807, 2.05) is 24.3 Å². The van der Waals surface area contributed by atoms with Crippen LogP contribution in [0.5, 0.6) is 0 Å². The van der Waals surface area contributed by atoms with E-state index >= 15 is 0 Å². The zero-order valence-electron chi connectivity index (χ0n) is 12.2. The van der Waals surface area contributed by atoms with Gasteiger partial charge in [-0.3, -0.25) is 5.84 Å². The summed E-state index contributed by atoms with van der Waals surface area (Å²) in [6, 6.07) is 10.9. The first-order chi connectivity index (χ1) is 9.99. The topological polar surface area (TPSA) is 38.0 Å². The fourth-order valence-corrected chi connectivity index (χ4v) is 2.50. The van der Waals surface area contributed by atoms with Crippen molar-refractivity contribution in [3.8, 4) is 0 Å². The summed E-state index contributed by atoms with van der Waals surface area (Å²) < 4.78 is 26.8. The molecule has 0 spiro atoms. The Balaban J connectivity index is 2.36. The molecule has 0 bridgehead atoms. The van der Waals surface area contributed by atoms with Crippen LogP contribution >= 0.6 is 0 Å². The minimum Gasteiger partial charge on any atom is -0.271 e. The third-order valence-electron chi connectivity index (χ3n) is 3.31. The maximum absolute atomic E-state index is 13.4. The van der Waals surface area contributed by atoms with Crippen molar-refractivity contribution in [2.75, 3.05) is 0 Å². The minimum absolute atomic E-state index is 0.442. The molecule has 21 heavy (non-hydrogen) atoms. The summed E-state index contributed by atoms with van der Waals surface area (Å²) >= 11 is 0. The van der Waals surface area contributed by atoms with Gasteiger partial charge in [0.05, 0.1) is 6.04 Å². The summed E-state index contributed by atoms with van der Waals surface area (Å²) in [6.07, 6.45) is 0.947. The lowest BCUT2D eigenvalue weighted by Crippen LogP contribution is -2.29. The Morgan fingerprint density at radius 3 is 2.24 bits per heavy atom. The first-order valence-corrected chi connectivity index (χ1v) is 7.00. The van der Waals surface area contributed by atoms with E-state index < -0.39 is 17.7 Å². The zero-order chi connectivity index (χ0) is 15.4. The Kier molecular flexibility index (Phi) is 5.04. The molecule has 112 valence electrons. The van der Waals surface area contributed by atoms with Crippen LogP contribution in [0.25, 0.3) is 0 Å². The maximum atomic E-state index is 13.4. The fourth-order valence-electron chi connectivity index (χ4n) is 2.50. The van der Waals surface area contributed by atoms with Crippen molar-refractivity contribution in [3.63, 3.8) is 0 Å². The number of rotatable bonds is 5. The number of halogens is 2. The van der Waals surface area contributed by atoms with Crippen LogP contribution in [0.15, 0.2) is 42.5 Å². The largest absolute Gasteiger partial charge is 0.271 e. The van der Waals surface area contributed by atoms with E-state index in [1.54, 1.807) is 0 Å². The molecule has 2 aromatic rings. The molecule has 2 rings (SSSR count). The highest BCUT2D eigenvalue weighted by Crippen LogP contribution is 2.24. The van der Waals surface area contributed by atoms with E-state index in [1.165, 1.54) is 17.7 Å². The molecule has 0 radical (unpaired) electrons. The summed E-state index contributed by atoms with van der Waals surface area (Å²) in [4.78, 5) is 0. The van der Waals surface area contributed by atoms with Crippen LogP contribution in [0.4, 0.5) is 8.78 Å². The molecule has 0 heterocycles. The lowest BCUT2D eigenvalue weighted by molar-refractivity contribution is 0.565. The number of hydrazine groups is 1. The molecule has 0 aromatic heterocycles. The molecule has 4 heteroatoms. The highest BCUT2D eigenvalue weighted by molar-refractivity contribution is 5.34. The van der Waals surface area contributed by atoms with Gasteiger partial charge in [-0.2, -0.15) is 0 Å². The second kappa shape index (κ2) is 6.78. The molecule has 0 aliphatic carbocycles. The summed E-state index contributed by atoms with van der Waals surface area (Å²) in [5, 5.41) is 0. The van der Waals surface area contributed by atoms with E-state index in [4.69, 9.17) is 5.84 Å². The first-order valence-electron chi connectivity index (χ1n) is 7.00. The average molecular weight is 290 g/mol. The number of nitrogens with two attached hydrogens (primary N) is 1. The number of benzene rings is 2. The van der Waals surface area contributed by atoms with E-state index in [0.717, 1.165) is 18.1 Å². The molecule has 2 aromatic carbocycles. The normalized spacial score (nSPS) is 12.7. The predicted molar refractivity (Wildman–Crippen MR) is 80.5 cm³/mol. The van der Waals surface area contributed by atoms with Crippen LogP contribution in [0.1, 0.15) is 36.6 Å². The maximum Gasteiger partial charge on any atom is 0.126 e. The van der Waals surface area contributed by atoms with Crippen LogP contribution in [-0.4, -0.2) is 0 Å². The van der Waals surface area contributed by atoms with Crippen LogP contribution in [0.2, 0.25) is 0 Å². The predicted octanol–water partition coefficient (Wildman–Crippen LogP) is 3.72. The van der Waals surface area contributed by atoms with Crippen molar-refractivity contribution in [1.29, 1.82) is 0 Å². The van der Waals surface area contributed by atoms with Crippen molar-refractivity contribution in [2.24, 2.45) is 11.8 Å².